The quantitative estimate of drug-likeness (QED) is 0.829. The van der Waals surface area contributed by atoms with Gasteiger partial charge >= 0.3 is 0 Å². The minimum atomic E-state index is -0.0398. The lowest BCUT2D eigenvalue weighted by Gasteiger charge is -2.09. The fraction of sp³-hybridized carbons (Fsp3) is 0.350. The van der Waals surface area contributed by atoms with Crippen molar-refractivity contribution in [3.05, 3.63) is 52.0 Å². The van der Waals surface area contributed by atoms with Gasteiger partial charge < -0.3 is 9.73 Å². The zero-order valence-electron chi connectivity index (χ0n) is 13.7. The number of anilines is 1. The predicted molar refractivity (Wildman–Crippen MR) is 92.4 cm³/mol. The number of rotatable bonds is 2. The van der Waals surface area contributed by atoms with E-state index in [9.17, 15) is 4.79 Å². The third kappa shape index (κ3) is 2.31. The molecule has 2 aliphatic rings. The smallest absolute Gasteiger partial charge is 0.256 e. The van der Waals surface area contributed by atoms with Crippen LogP contribution < -0.4 is 5.32 Å². The molecule has 1 aliphatic carbocycles. The van der Waals surface area contributed by atoms with E-state index >= 15 is 0 Å². The normalized spacial score (nSPS) is 18.0. The third-order valence-electron chi connectivity index (χ3n) is 4.90. The number of amides is 1. The summed E-state index contributed by atoms with van der Waals surface area (Å²) < 4.78 is 6.13. The van der Waals surface area contributed by atoms with Gasteiger partial charge in [-0.15, -0.1) is 0 Å². The van der Waals surface area contributed by atoms with Gasteiger partial charge in [0.25, 0.3) is 5.91 Å². The van der Waals surface area contributed by atoms with E-state index in [1.165, 1.54) is 24.0 Å². The monoisotopic (exact) mass is 307 g/mol. The second kappa shape index (κ2) is 5.41. The second-order valence-electron chi connectivity index (χ2n) is 6.47. The van der Waals surface area contributed by atoms with Crippen molar-refractivity contribution in [2.45, 2.75) is 46.0 Å². The maximum atomic E-state index is 12.4. The van der Waals surface area contributed by atoms with E-state index in [0.29, 0.717) is 5.57 Å². The lowest BCUT2D eigenvalue weighted by atomic mass is 9.93. The minimum absolute atomic E-state index is 0.0398. The van der Waals surface area contributed by atoms with Crippen molar-refractivity contribution in [2.24, 2.45) is 0 Å². The molecule has 118 valence electrons. The molecule has 1 N–H and O–H groups in total. The van der Waals surface area contributed by atoms with Crippen LogP contribution in [0, 0.1) is 6.92 Å². The average molecular weight is 307 g/mol. The van der Waals surface area contributed by atoms with Gasteiger partial charge in [-0.05, 0) is 56.4 Å². The van der Waals surface area contributed by atoms with Crippen LogP contribution in [0.1, 0.15) is 53.5 Å². The van der Waals surface area contributed by atoms with Crippen LogP contribution in [0.5, 0.6) is 0 Å². The summed E-state index contributed by atoms with van der Waals surface area (Å²) in [6, 6.07) is 6.05. The van der Waals surface area contributed by atoms with Crippen LogP contribution in [-0.2, 0) is 24.1 Å². The average Bonchev–Trinajstić information content (AvgIpc) is 3.05. The molecule has 0 unspecified atom stereocenters. The molecular formula is C20H21NO2. The molecule has 3 heteroatoms. The summed E-state index contributed by atoms with van der Waals surface area (Å²) in [6.45, 7) is 4.21. The minimum Gasteiger partial charge on any atom is -0.461 e. The Morgan fingerprint density at radius 2 is 2.09 bits per heavy atom. The number of hydrogen-bond donors (Lipinski definition) is 1. The Morgan fingerprint density at radius 3 is 2.91 bits per heavy atom. The maximum absolute atomic E-state index is 12.4. The predicted octanol–water partition coefficient (Wildman–Crippen LogP) is 4.52. The number of nitrogens with one attached hydrogen (secondary N) is 1. The first kappa shape index (κ1) is 14.3. The molecule has 0 bridgehead atoms. The van der Waals surface area contributed by atoms with Gasteiger partial charge in [0.2, 0.25) is 0 Å². The highest BCUT2D eigenvalue weighted by Gasteiger charge is 2.26. The molecule has 1 aliphatic heterocycles. The summed E-state index contributed by atoms with van der Waals surface area (Å²) in [5.41, 5.74) is 6.40. The lowest BCUT2D eigenvalue weighted by molar-refractivity contribution is -0.110. The zero-order chi connectivity index (χ0) is 16.0. The summed E-state index contributed by atoms with van der Waals surface area (Å²) in [6.07, 6.45) is 7.44. The summed E-state index contributed by atoms with van der Waals surface area (Å²) in [4.78, 5) is 12.4. The molecule has 2 aromatic rings. The van der Waals surface area contributed by atoms with Gasteiger partial charge in [-0.2, -0.15) is 0 Å². The number of hydrogen-bond acceptors (Lipinski definition) is 2. The molecule has 1 aromatic heterocycles. The number of fused-ring (bicyclic) bond motifs is 2. The molecule has 0 fully saturated rings. The maximum Gasteiger partial charge on any atom is 0.256 e. The van der Waals surface area contributed by atoms with Crippen molar-refractivity contribution in [3.63, 3.8) is 0 Å². The van der Waals surface area contributed by atoms with E-state index in [1.807, 2.05) is 25.1 Å². The molecule has 2 heterocycles. The van der Waals surface area contributed by atoms with Crippen LogP contribution in [0.4, 0.5) is 5.69 Å². The van der Waals surface area contributed by atoms with E-state index in [4.69, 9.17) is 4.42 Å². The Morgan fingerprint density at radius 1 is 1.26 bits per heavy atom. The molecule has 3 nitrogen and oxygen atoms in total. The fourth-order valence-electron chi connectivity index (χ4n) is 3.73. The van der Waals surface area contributed by atoms with Crippen LogP contribution in [0.2, 0.25) is 0 Å². The number of furan rings is 1. The summed E-state index contributed by atoms with van der Waals surface area (Å²) >= 11 is 0. The van der Waals surface area contributed by atoms with Crippen LogP contribution >= 0.6 is 0 Å². The fourth-order valence-corrected chi connectivity index (χ4v) is 3.73. The lowest BCUT2D eigenvalue weighted by Crippen LogP contribution is -2.03. The first-order valence-corrected chi connectivity index (χ1v) is 8.45. The molecule has 23 heavy (non-hydrogen) atoms. The highest BCUT2D eigenvalue weighted by Crippen LogP contribution is 2.37. The second-order valence-corrected chi connectivity index (χ2v) is 6.47. The van der Waals surface area contributed by atoms with Gasteiger partial charge in [-0.3, -0.25) is 4.79 Å². The van der Waals surface area contributed by atoms with Gasteiger partial charge in [0.1, 0.15) is 11.5 Å². The molecule has 1 amide bonds. The van der Waals surface area contributed by atoms with Gasteiger partial charge in [0.05, 0.1) is 5.57 Å². The standard InChI is InChI=1S/C20H21NO2/c1-3-13-14-6-4-5-7-18(14)23-19(13)11-16-15-10-12(2)8-9-17(15)21-20(16)22/h8-11H,3-7H2,1-2H3,(H,21,22). The number of carbonyl (C=O) groups excluding carboxylic acids is 1. The number of aryl methyl sites for hydroxylation is 2. The SMILES string of the molecule is CCc1c(C=C2C(=O)Nc3ccc(C)cc32)oc2c1CCCC2. The van der Waals surface area contributed by atoms with Crippen LogP contribution in [0.3, 0.4) is 0 Å². The van der Waals surface area contributed by atoms with Gasteiger partial charge in [0, 0.05) is 23.2 Å². The summed E-state index contributed by atoms with van der Waals surface area (Å²) in [7, 11) is 0. The molecule has 0 saturated carbocycles. The van der Waals surface area contributed by atoms with E-state index < -0.39 is 0 Å². The Hall–Kier alpha value is -2.29. The number of carbonyl (C=O) groups is 1. The Bertz CT molecular complexity index is 826. The van der Waals surface area contributed by atoms with Crippen molar-refractivity contribution in [2.75, 3.05) is 5.32 Å². The number of benzene rings is 1. The van der Waals surface area contributed by atoms with Crippen molar-refractivity contribution in [1.82, 2.24) is 0 Å². The highest BCUT2D eigenvalue weighted by atomic mass is 16.3. The Balaban J connectivity index is 1.84. The third-order valence-corrected chi connectivity index (χ3v) is 4.90. The highest BCUT2D eigenvalue weighted by molar-refractivity contribution is 6.34. The molecule has 0 spiro atoms. The van der Waals surface area contributed by atoms with E-state index in [1.54, 1.807) is 0 Å². The largest absolute Gasteiger partial charge is 0.461 e. The molecule has 1 aromatic carbocycles. The van der Waals surface area contributed by atoms with Crippen molar-refractivity contribution in [1.29, 1.82) is 0 Å². The molecular weight excluding hydrogens is 286 g/mol. The van der Waals surface area contributed by atoms with E-state index in [2.05, 4.69) is 18.3 Å². The van der Waals surface area contributed by atoms with Gasteiger partial charge in [0.15, 0.2) is 0 Å². The van der Waals surface area contributed by atoms with Crippen molar-refractivity contribution >= 4 is 23.2 Å². The first-order valence-electron chi connectivity index (χ1n) is 8.45. The first-order chi connectivity index (χ1) is 11.2. The van der Waals surface area contributed by atoms with Crippen LogP contribution in [-0.4, -0.2) is 5.91 Å². The summed E-state index contributed by atoms with van der Waals surface area (Å²) in [5, 5.41) is 2.95. The van der Waals surface area contributed by atoms with Crippen LogP contribution in [0.15, 0.2) is 22.6 Å². The topological polar surface area (TPSA) is 42.2 Å². The van der Waals surface area contributed by atoms with Crippen molar-refractivity contribution in [3.8, 4) is 0 Å². The molecule has 0 radical (unpaired) electrons. The van der Waals surface area contributed by atoms with Gasteiger partial charge in [-0.1, -0.05) is 18.6 Å². The molecule has 0 saturated heterocycles. The molecule has 4 rings (SSSR count). The summed E-state index contributed by atoms with van der Waals surface area (Å²) in [5.74, 6) is 1.96. The Labute approximate surface area is 136 Å². The van der Waals surface area contributed by atoms with Crippen LogP contribution in [0.25, 0.3) is 11.6 Å². The van der Waals surface area contributed by atoms with Crippen molar-refractivity contribution < 1.29 is 9.21 Å². The zero-order valence-corrected chi connectivity index (χ0v) is 13.7. The van der Waals surface area contributed by atoms with E-state index in [-0.39, 0.29) is 5.91 Å². The Kier molecular flexibility index (Phi) is 3.37. The molecule has 0 atom stereocenters. The van der Waals surface area contributed by atoms with E-state index in [0.717, 1.165) is 47.6 Å². The van der Waals surface area contributed by atoms with Gasteiger partial charge in [-0.25, -0.2) is 0 Å².